The zero-order valence-electron chi connectivity index (χ0n) is 11.7. The van der Waals surface area contributed by atoms with E-state index < -0.39 is 0 Å². The molecule has 0 saturated carbocycles. The summed E-state index contributed by atoms with van der Waals surface area (Å²) in [6.07, 6.45) is 1.97. The second-order valence-electron chi connectivity index (χ2n) is 5.12. The minimum absolute atomic E-state index is 0.388. The van der Waals surface area contributed by atoms with Crippen LogP contribution in [-0.2, 0) is 12.2 Å². The van der Waals surface area contributed by atoms with Crippen molar-refractivity contribution in [3.05, 3.63) is 11.7 Å². The summed E-state index contributed by atoms with van der Waals surface area (Å²) in [5.41, 5.74) is 0. The molecule has 0 fully saturated rings. The Hall–Kier alpha value is -0.550. The van der Waals surface area contributed by atoms with Gasteiger partial charge < -0.3 is 9.63 Å². The molecule has 0 aromatic carbocycles. The fourth-order valence-electron chi connectivity index (χ4n) is 1.60. The lowest BCUT2D eigenvalue weighted by Crippen LogP contribution is -2.13. The molecule has 1 N–H and O–H groups in total. The summed E-state index contributed by atoms with van der Waals surface area (Å²) in [7, 11) is 0. The van der Waals surface area contributed by atoms with Crippen molar-refractivity contribution in [2.45, 2.75) is 64.1 Å². The second-order valence-corrected chi connectivity index (χ2v) is 6.55. The van der Waals surface area contributed by atoms with Crippen molar-refractivity contribution in [2.24, 2.45) is 5.92 Å². The number of nitrogens with zero attached hydrogens (tertiary/aromatic N) is 2. The Morgan fingerprint density at radius 2 is 2.06 bits per heavy atom. The number of aliphatic hydroxyl groups excluding tert-OH is 1. The van der Waals surface area contributed by atoms with E-state index >= 15 is 0 Å². The van der Waals surface area contributed by atoms with Crippen LogP contribution in [0.3, 0.4) is 0 Å². The van der Waals surface area contributed by atoms with E-state index in [4.69, 9.17) is 4.52 Å². The Morgan fingerprint density at radius 1 is 1.33 bits per heavy atom. The normalized spacial score (nSPS) is 15.0. The summed E-state index contributed by atoms with van der Waals surface area (Å²) < 4.78 is 5.15. The SMILES string of the molecule is CCC(C)SCc1noc(CC(O)CC(C)C)n1. The van der Waals surface area contributed by atoms with E-state index in [-0.39, 0.29) is 6.10 Å². The van der Waals surface area contributed by atoms with Crippen LogP contribution in [0.2, 0.25) is 0 Å². The average molecular weight is 272 g/mol. The van der Waals surface area contributed by atoms with Gasteiger partial charge in [0.1, 0.15) is 0 Å². The zero-order chi connectivity index (χ0) is 13.5. The molecule has 0 aliphatic heterocycles. The van der Waals surface area contributed by atoms with Crippen LogP contribution in [0.15, 0.2) is 4.52 Å². The van der Waals surface area contributed by atoms with Crippen molar-refractivity contribution in [2.75, 3.05) is 0 Å². The molecule has 0 saturated heterocycles. The maximum Gasteiger partial charge on any atom is 0.229 e. The third-order valence-corrected chi connectivity index (χ3v) is 4.06. The average Bonchev–Trinajstić information content (AvgIpc) is 2.72. The molecule has 1 aromatic heterocycles. The summed E-state index contributed by atoms with van der Waals surface area (Å²) in [4.78, 5) is 4.31. The first kappa shape index (κ1) is 15.5. The van der Waals surface area contributed by atoms with Gasteiger partial charge in [-0.3, -0.25) is 0 Å². The molecule has 1 rings (SSSR count). The Morgan fingerprint density at radius 3 is 2.67 bits per heavy atom. The first-order valence-electron chi connectivity index (χ1n) is 6.62. The lowest BCUT2D eigenvalue weighted by atomic mass is 10.0. The van der Waals surface area contributed by atoms with Crippen molar-refractivity contribution in [1.29, 1.82) is 0 Å². The molecule has 0 bridgehead atoms. The molecule has 18 heavy (non-hydrogen) atoms. The van der Waals surface area contributed by atoms with Crippen LogP contribution in [0, 0.1) is 5.92 Å². The highest BCUT2D eigenvalue weighted by molar-refractivity contribution is 7.99. The van der Waals surface area contributed by atoms with E-state index in [0.717, 1.165) is 24.4 Å². The van der Waals surface area contributed by atoms with Crippen LogP contribution in [0.4, 0.5) is 0 Å². The molecule has 4 nitrogen and oxygen atoms in total. The van der Waals surface area contributed by atoms with Gasteiger partial charge in [0, 0.05) is 5.25 Å². The van der Waals surface area contributed by atoms with E-state index in [1.54, 1.807) is 0 Å². The fourth-order valence-corrected chi connectivity index (χ4v) is 2.38. The highest BCUT2D eigenvalue weighted by atomic mass is 32.2. The van der Waals surface area contributed by atoms with Crippen LogP contribution < -0.4 is 0 Å². The zero-order valence-corrected chi connectivity index (χ0v) is 12.5. The molecular weight excluding hydrogens is 248 g/mol. The first-order valence-corrected chi connectivity index (χ1v) is 7.67. The van der Waals surface area contributed by atoms with E-state index in [1.807, 2.05) is 11.8 Å². The Bertz CT molecular complexity index is 341. The van der Waals surface area contributed by atoms with Crippen molar-refractivity contribution < 1.29 is 9.63 Å². The van der Waals surface area contributed by atoms with Crippen LogP contribution in [0.1, 0.15) is 52.3 Å². The summed E-state index contributed by atoms with van der Waals surface area (Å²) >= 11 is 1.82. The lowest BCUT2D eigenvalue weighted by molar-refractivity contribution is 0.138. The number of hydrogen-bond acceptors (Lipinski definition) is 5. The highest BCUT2D eigenvalue weighted by Gasteiger charge is 2.14. The van der Waals surface area contributed by atoms with Gasteiger partial charge in [0.25, 0.3) is 0 Å². The van der Waals surface area contributed by atoms with Crippen LogP contribution in [0.25, 0.3) is 0 Å². The summed E-state index contributed by atoms with van der Waals surface area (Å²) in [6.45, 7) is 8.54. The number of thioether (sulfide) groups is 1. The molecule has 1 aromatic rings. The minimum Gasteiger partial charge on any atom is -0.393 e. The van der Waals surface area contributed by atoms with Gasteiger partial charge in [0.05, 0.1) is 18.3 Å². The molecule has 0 radical (unpaired) electrons. The molecule has 0 spiro atoms. The van der Waals surface area contributed by atoms with E-state index in [0.29, 0.717) is 23.5 Å². The molecule has 0 aliphatic rings. The predicted molar refractivity (Wildman–Crippen MR) is 74.5 cm³/mol. The van der Waals surface area contributed by atoms with Gasteiger partial charge >= 0.3 is 0 Å². The van der Waals surface area contributed by atoms with Crippen molar-refractivity contribution in [1.82, 2.24) is 10.1 Å². The molecule has 2 atom stereocenters. The van der Waals surface area contributed by atoms with E-state index in [2.05, 4.69) is 37.8 Å². The maximum absolute atomic E-state index is 9.81. The second kappa shape index (κ2) is 7.79. The van der Waals surface area contributed by atoms with Gasteiger partial charge in [-0.1, -0.05) is 32.9 Å². The van der Waals surface area contributed by atoms with Crippen molar-refractivity contribution in [3.8, 4) is 0 Å². The third-order valence-electron chi connectivity index (χ3n) is 2.74. The monoisotopic (exact) mass is 272 g/mol. The Kier molecular flexibility index (Phi) is 6.71. The molecule has 1 heterocycles. The predicted octanol–water partition coefficient (Wildman–Crippen LogP) is 3.05. The number of aromatic nitrogens is 2. The van der Waals surface area contributed by atoms with Gasteiger partial charge in [0.2, 0.25) is 5.89 Å². The fraction of sp³-hybridized carbons (Fsp3) is 0.846. The molecule has 0 amide bonds. The van der Waals surface area contributed by atoms with Crippen LogP contribution in [0.5, 0.6) is 0 Å². The quantitative estimate of drug-likeness (QED) is 0.788. The minimum atomic E-state index is -0.388. The van der Waals surface area contributed by atoms with Gasteiger partial charge in [-0.2, -0.15) is 16.7 Å². The third kappa shape index (κ3) is 5.87. The van der Waals surface area contributed by atoms with Gasteiger partial charge in [0.15, 0.2) is 5.82 Å². The molecule has 104 valence electrons. The van der Waals surface area contributed by atoms with Crippen molar-refractivity contribution >= 4 is 11.8 Å². The van der Waals surface area contributed by atoms with Gasteiger partial charge in [-0.25, -0.2) is 0 Å². The number of rotatable bonds is 8. The van der Waals surface area contributed by atoms with Crippen LogP contribution >= 0.6 is 11.8 Å². The van der Waals surface area contributed by atoms with Crippen molar-refractivity contribution in [3.63, 3.8) is 0 Å². The van der Waals surface area contributed by atoms with E-state index in [1.165, 1.54) is 0 Å². The van der Waals surface area contributed by atoms with Gasteiger partial charge in [-0.05, 0) is 18.8 Å². The largest absolute Gasteiger partial charge is 0.393 e. The number of aliphatic hydroxyl groups is 1. The van der Waals surface area contributed by atoms with E-state index in [9.17, 15) is 5.11 Å². The first-order chi connectivity index (χ1) is 8.51. The highest BCUT2D eigenvalue weighted by Crippen LogP contribution is 2.18. The molecule has 2 unspecified atom stereocenters. The molecule has 5 heteroatoms. The lowest BCUT2D eigenvalue weighted by Gasteiger charge is -2.09. The number of hydrogen-bond donors (Lipinski definition) is 1. The Balaban J connectivity index is 2.38. The smallest absolute Gasteiger partial charge is 0.229 e. The standard InChI is InChI=1S/C13H24N2O2S/c1-5-10(4)18-8-12-14-13(17-15-12)7-11(16)6-9(2)3/h9-11,16H,5-8H2,1-4H3. The van der Waals surface area contributed by atoms with Gasteiger partial charge in [-0.15, -0.1) is 0 Å². The Labute approximate surface area is 114 Å². The summed E-state index contributed by atoms with van der Waals surface area (Å²) in [5.74, 6) is 2.52. The summed E-state index contributed by atoms with van der Waals surface area (Å²) in [5, 5.41) is 14.4. The topological polar surface area (TPSA) is 59.2 Å². The molecular formula is C13H24N2O2S. The molecule has 0 aliphatic carbocycles. The van der Waals surface area contributed by atoms with Crippen LogP contribution in [-0.4, -0.2) is 26.6 Å². The maximum atomic E-state index is 9.81. The summed E-state index contributed by atoms with van der Waals surface area (Å²) in [6, 6.07) is 0.